The summed E-state index contributed by atoms with van der Waals surface area (Å²) >= 11 is 0. The number of nitro groups is 1. The van der Waals surface area contributed by atoms with E-state index in [4.69, 9.17) is 10.7 Å². The third-order valence-corrected chi connectivity index (χ3v) is 4.60. The monoisotopic (exact) mass is 237 g/mol. The van der Waals surface area contributed by atoms with Crippen molar-refractivity contribution in [1.82, 2.24) is 0 Å². The van der Waals surface area contributed by atoms with Crippen molar-refractivity contribution >= 4 is 19.7 Å². The van der Waals surface area contributed by atoms with E-state index >= 15 is 0 Å². The molecule has 5 nitrogen and oxygen atoms in total. The molecule has 0 bridgehead atoms. The van der Waals surface area contributed by atoms with Gasteiger partial charge in [-0.3, -0.25) is 10.1 Å². The van der Waals surface area contributed by atoms with Gasteiger partial charge < -0.3 is 0 Å². The minimum atomic E-state index is -4.03. The summed E-state index contributed by atoms with van der Waals surface area (Å²) in [5, 5.41) is 10.6. The molecule has 1 rings (SSSR count). The van der Waals surface area contributed by atoms with Crippen LogP contribution in [0.4, 0.5) is 0 Å². The van der Waals surface area contributed by atoms with Crippen LogP contribution in [0.1, 0.15) is 6.92 Å². The maximum absolute atomic E-state index is 11.2. The molecule has 1 aliphatic carbocycles. The fourth-order valence-electron chi connectivity index (χ4n) is 1.21. The Hall–Kier alpha value is -0.880. The molecule has 1 aliphatic rings. The standard InChI is InChI=1S/C7H8ClNO4S/c1-7(14(8,12)13)5-3-2-4-6(7)9(10)11/h2-6H,1H3. The van der Waals surface area contributed by atoms with Gasteiger partial charge in [-0.1, -0.05) is 18.2 Å². The van der Waals surface area contributed by atoms with Gasteiger partial charge in [0, 0.05) is 15.6 Å². The average Bonchev–Trinajstić information content (AvgIpc) is 2.02. The summed E-state index contributed by atoms with van der Waals surface area (Å²) in [5.74, 6) is 0. The normalized spacial score (nSPS) is 31.7. The molecule has 0 aromatic heterocycles. The molecule has 0 saturated heterocycles. The molecule has 0 aromatic rings. The molecule has 0 N–H and O–H groups in total. The van der Waals surface area contributed by atoms with Crippen molar-refractivity contribution in [3.63, 3.8) is 0 Å². The molecule has 0 aromatic carbocycles. The third kappa shape index (κ3) is 1.67. The summed E-state index contributed by atoms with van der Waals surface area (Å²) in [5.41, 5.74) is 0. The lowest BCUT2D eigenvalue weighted by molar-refractivity contribution is -0.512. The zero-order chi connectivity index (χ0) is 11.0. The Balaban J connectivity index is 3.27. The molecule has 0 saturated carbocycles. The van der Waals surface area contributed by atoms with Crippen LogP contribution in [-0.2, 0) is 9.05 Å². The highest BCUT2D eigenvalue weighted by Crippen LogP contribution is 2.31. The fourth-order valence-corrected chi connectivity index (χ4v) is 2.33. The Labute approximate surface area is 85.6 Å². The van der Waals surface area contributed by atoms with Gasteiger partial charge in [-0.15, -0.1) is 0 Å². The van der Waals surface area contributed by atoms with Gasteiger partial charge >= 0.3 is 0 Å². The van der Waals surface area contributed by atoms with Gasteiger partial charge in [0.2, 0.25) is 9.05 Å². The summed E-state index contributed by atoms with van der Waals surface area (Å²) in [4.78, 5) is 9.95. The Morgan fingerprint density at radius 1 is 1.50 bits per heavy atom. The van der Waals surface area contributed by atoms with Crippen LogP contribution >= 0.6 is 10.7 Å². The molecule has 0 aliphatic heterocycles. The molecule has 78 valence electrons. The van der Waals surface area contributed by atoms with E-state index < -0.39 is 24.8 Å². The first-order valence-electron chi connectivity index (χ1n) is 3.73. The smallest absolute Gasteiger partial charge is 0.255 e. The van der Waals surface area contributed by atoms with Crippen LogP contribution < -0.4 is 0 Å². The molecule has 2 unspecified atom stereocenters. The summed E-state index contributed by atoms with van der Waals surface area (Å²) in [7, 11) is 1.15. The number of rotatable bonds is 2. The number of hydrogen-bond donors (Lipinski definition) is 0. The number of hydrogen-bond acceptors (Lipinski definition) is 4. The van der Waals surface area contributed by atoms with Crippen molar-refractivity contribution in [3.8, 4) is 0 Å². The highest BCUT2D eigenvalue weighted by atomic mass is 35.7. The minimum Gasteiger partial charge on any atom is -0.264 e. The Kier molecular flexibility index (Phi) is 2.69. The lowest BCUT2D eigenvalue weighted by Crippen LogP contribution is -2.47. The molecule has 2 atom stereocenters. The summed E-state index contributed by atoms with van der Waals surface area (Å²) in [6.45, 7) is 1.23. The van der Waals surface area contributed by atoms with E-state index in [9.17, 15) is 18.5 Å². The van der Waals surface area contributed by atoms with E-state index in [1.54, 1.807) is 0 Å². The van der Waals surface area contributed by atoms with Gasteiger partial charge in [-0.2, -0.15) is 0 Å². The van der Waals surface area contributed by atoms with E-state index in [0.717, 1.165) is 0 Å². The van der Waals surface area contributed by atoms with Crippen LogP contribution in [0, 0.1) is 10.1 Å². The number of allylic oxidation sites excluding steroid dienone is 2. The molecule has 0 fully saturated rings. The first-order chi connectivity index (χ1) is 6.29. The Bertz CT molecular complexity index is 413. The second-order valence-electron chi connectivity index (χ2n) is 3.10. The predicted octanol–water partition coefficient (Wildman–Crippen LogP) is 1.08. The topological polar surface area (TPSA) is 77.3 Å². The van der Waals surface area contributed by atoms with Gasteiger partial charge in [-0.25, -0.2) is 8.42 Å². The van der Waals surface area contributed by atoms with Crippen LogP contribution in [0.5, 0.6) is 0 Å². The van der Waals surface area contributed by atoms with Crippen LogP contribution in [0.2, 0.25) is 0 Å². The maximum Gasteiger partial charge on any atom is 0.255 e. The van der Waals surface area contributed by atoms with Crippen molar-refractivity contribution < 1.29 is 13.3 Å². The van der Waals surface area contributed by atoms with E-state index in [1.165, 1.54) is 31.2 Å². The Morgan fingerprint density at radius 3 is 2.43 bits per heavy atom. The van der Waals surface area contributed by atoms with Crippen molar-refractivity contribution in [2.45, 2.75) is 17.7 Å². The van der Waals surface area contributed by atoms with E-state index in [0.29, 0.717) is 0 Å². The zero-order valence-corrected chi connectivity index (χ0v) is 8.83. The average molecular weight is 238 g/mol. The quantitative estimate of drug-likeness (QED) is 0.409. The van der Waals surface area contributed by atoms with E-state index in [1.807, 2.05) is 0 Å². The largest absolute Gasteiger partial charge is 0.264 e. The molecule has 14 heavy (non-hydrogen) atoms. The van der Waals surface area contributed by atoms with E-state index in [-0.39, 0.29) is 0 Å². The minimum absolute atomic E-state index is 0.667. The van der Waals surface area contributed by atoms with Crippen LogP contribution in [0.25, 0.3) is 0 Å². The lowest BCUT2D eigenvalue weighted by Gasteiger charge is -2.25. The lowest BCUT2D eigenvalue weighted by atomic mass is 9.97. The fraction of sp³-hybridized carbons (Fsp3) is 0.429. The van der Waals surface area contributed by atoms with E-state index in [2.05, 4.69) is 0 Å². The second-order valence-corrected chi connectivity index (χ2v) is 6.07. The molecular weight excluding hydrogens is 230 g/mol. The first kappa shape index (κ1) is 11.2. The summed E-state index contributed by atoms with van der Waals surface area (Å²) in [6, 6.07) is -1.34. The van der Waals surface area contributed by atoms with Crippen molar-refractivity contribution in [2.24, 2.45) is 0 Å². The molecular formula is C7H8ClNO4S. The summed E-state index contributed by atoms with van der Waals surface area (Å²) in [6.07, 6.45) is 5.29. The highest BCUT2D eigenvalue weighted by Gasteiger charge is 2.50. The molecule has 0 spiro atoms. The Morgan fingerprint density at radius 2 is 2.07 bits per heavy atom. The van der Waals surface area contributed by atoms with Gasteiger partial charge in [-0.05, 0) is 13.0 Å². The molecule has 0 radical (unpaired) electrons. The van der Waals surface area contributed by atoms with Crippen molar-refractivity contribution in [1.29, 1.82) is 0 Å². The molecule has 0 heterocycles. The third-order valence-electron chi connectivity index (χ3n) is 2.17. The predicted molar refractivity (Wildman–Crippen MR) is 52.2 cm³/mol. The van der Waals surface area contributed by atoms with Gasteiger partial charge in [0.15, 0.2) is 4.75 Å². The number of halogens is 1. The van der Waals surface area contributed by atoms with Gasteiger partial charge in [0.05, 0.1) is 0 Å². The SMILES string of the molecule is CC1(S(=O)(=O)Cl)C=CC=CC1[N+](=O)[O-]. The van der Waals surface area contributed by atoms with Crippen LogP contribution in [-0.4, -0.2) is 24.1 Å². The van der Waals surface area contributed by atoms with Gasteiger partial charge in [0.25, 0.3) is 6.04 Å². The maximum atomic E-state index is 11.2. The van der Waals surface area contributed by atoms with Crippen LogP contribution in [0.15, 0.2) is 24.3 Å². The van der Waals surface area contributed by atoms with Gasteiger partial charge in [0.1, 0.15) is 0 Å². The van der Waals surface area contributed by atoms with Crippen LogP contribution in [0.3, 0.4) is 0 Å². The molecule has 0 amide bonds. The highest BCUT2D eigenvalue weighted by molar-refractivity contribution is 8.15. The van der Waals surface area contributed by atoms with Crippen molar-refractivity contribution in [2.75, 3.05) is 0 Å². The molecule has 7 heteroatoms. The van der Waals surface area contributed by atoms with Crippen molar-refractivity contribution in [3.05, 3.63) is 34.4 Å². The first-order valence-corrected chi connectivity index (χ1v) is 6.04. The number of nitrogens with zero attached hydrogens (tertiary/aromatic N) is 1. The zero-order valence-electron chi connectivity index (χ0n) is 7.25. The second kappa shape index (κ2) is 3.36. The summed E-state index contributed by atoms with van der Waals surface area (Å²) < 4.78 is 20.7.